The van der Waals surface area contributed by atoms with Crippen LogP contribution in [0.4, 0.5) is 0 Å². The molecule has 1 fully saturated rings. The second kappa shape index (κ2) is 9.70. The summed E-state index contributed by atoms with van der Waals surface area (Å²) in [5.74, 6) is 0.213. The molecule has 0 amide bonds. The maximum absolute atomic E-state index is 12.8. The lowest BCUT2D eigenvalue weighted by Crippen LogP contribution is -2.40. The third-order valence-corrected chi connectivity index (χ3v) is 6.67. The maximum atomic E-state index is 12.8. The van der Waals surface area contributed by atoms with Crippen LogP contribution in [0.3, 0.4) is 0 Å². The summed E-state index contributed by atoms with van der Waals surface area (Å²) < 4.78 is 0. The highest BCUT2D eigenvalue weighted by atomic mass is 35.5. The number of hydrogen-bond donors (Lipinski definition) is 1. The van der Waals surface area contributed by atoms with Gasteiger partial charge in [0.05, 0.1) is 18.7 Å². The number of rotatable bonds is 6. The molecule has 1 aromatic heterocycles. The number of aromatic nitrogens is 1. The van der Waals surface area contributed by atoms with E-state index in [0.29, 0.717) is 29.5 Å². The number of halogens is 2. The summed E-state index contributed by atoms with van der Waals surface area (Å²) >= 11 is 12.2. The van der Waals surface area contributed by atoms with Gasteiger partial charge < -0.3 is 4.98 Å². The Balaban J connectivity index is 1.41. The Bertz CT molecular complexity index is 1160. The molecule has 5 rings (SSSR count). The summed E-state index contributed by atoms with van der Waals surface area (Å²) in [6.07, 6.45) is 1.54. The molecule has 1 aliphatic heterocycles. The molecule has 33 heavy (non-hydrogen) atoms. The van der Waals surface area contributed by atoms with Crippen LogP contribution in [0.1, 0.15) is 41.7 Å². The van der Waals surface area contributed by atoms with E-state index in [0.717, 1.165) is 28.8 Å². The molecule has 2 atom stereocenters. The van der Waals surface area contributed by atoms with E-state index in [1.54, 1.807) is 0 Å². The monoisotopic (exact) mass is 478 g/mol. The van der Waals surface area contributed by atoms with E-state index in [1.165, 1.54) is 5.39 Å². The molecule has 0 aliphatic carbocycles. The number of benzene rings is 3. The summed E-state index contributed by atoms with van der Waals surface area (Å²) in [5, 5.41) is 4.52. The van der Waals surface area contributed by atoms with Gasteiger partial charge in [0, 0.05) is 40.5 Å². The number of piperidine rings is 1. The summed E-state index contributed by atoms with van der Waals surface area (Å²) in [6, 6.07) is 25.3. The Hall–Kier alpha value is -2.63. The molecule has 168 valence electrons. The number of carbonyl (C=O) groups is 1. The number of para-hydroxylation sites is 1. The predicted molar refractivity (Wildman–Crippen MR) is 132 cm³/mol. The van der Waals surface area contributed by atoms with Crippen molar-refractivity contribution in [1.29, 1.82) is 0 Å². The van der Waals surface area contributed by atoms with Crippen molar-refractivity contribution in [3.63, 3.8) is 0 Å². The number of hydrogen-bond acceptors (Lipinski definition) is 3. The van der Waals surface area contributed by atoms with Crippen LogP contribution in [0, 0.1) is 0 Å². The highest BCUT2D eigenvalue weighted by molar-refractivity contribution is 6.30. The first-order valence-corrected chi connectivity index (χ1v) is 11.8. The smallest absolute Gasteiger partial charge is 0.136 e. The SMILES string of the molecule is O=C1CC(c2ccc(Cl)cc2)N(OCCc2cc3ccccc3[nH]2)C(c2ccc(Cl)cc2)C1. The number of ketones is 1. The van der Waals surface area contributed by atoms with Gasteiger partial charge in [-0.15, -0.1) is 0 Å². The average Bonchev–Trinajstić information content (AvgIpc) is 3.23. The number of carbonyl (C=O) groups excluding carboxylic acids is 1. The number of H-pyrrole nitrogens is 1. The normalized spacial score (nSPS) is 19.3. The molecule has 3 aromatic carbocycles. The van der Waals surface area contributed by atoms with E-state index in [9.17, 15) is 4.79 Å². The minimum absolute atomic E-state index is 0.188. The number of fused-ring (bicyclic) bond motifs is 1. The van der Waals surface area contributed by atoms with Crippen LogP contribution in [-0.2, 0) is 16.1 Å². The van der Waals surface area contributed by atoms with Crippen LogP contribution in [0.15, 0.2) is 78.9 Å². The van der Waals surface area contributed by atoms with E-state index < -0.39 is 0 Å². The summed E-state index contributed by atoms with van der Waals surface area (Å²) in [5.41, 5.74) is 4.26. The zero-order valence-corrected chi connectivity index (χ0v) is 19.5. The molecular formula is C27H24Cl2N2O2. The van der Waals surface area contributed by atoms with Crippen LogP contribution in [0.5, 0.6) is 0 Å². The maximum Gasteiger partial charge on any atom is 0.136 e. The number of Topliss-reactive ketones (excluding diaryl/α,β-unsaturated/α-hetero) is 1. The number of nitrogens with zero attached hydrogens (tertiary/aromatic N) is 1. The average molecular weight is 479 g/mol. The van der Waals surface area contributed by atoms with Gasteiger partial charge in [0.25, 0.3) is 0 Å². The zero-order chi connectivity index (χ0) is 22.8. The van der Waals surface area contributed by atoms with Crippen LogP contribution in [0.2, 0.25) is 10.0 Å². The molecule has 6 heteroatoms. The summed E-state index contributed by atoms with van der Waals surface area (Å²) in [7, 11) is 0. The Kier molecular flexibility index (Phi) is 6.52. The van der Waals surface area contributed by atoms with Gasteiger partial charge >= 0.3 is 0 Å². The number of hydroxylamine groups is 2. The molecule has 2 unspecified atom stereocenters. The first-order chi connectivity index (χ1) is 16.1. The highest BCUT2D eigenvalue weighted by Crippen LogP contribution is 2.41. The molecule has 0 radical (unpaired) electrons. The van der Waals surface area contributed by atoms with Gasteiger partial charge in [-0.1, -0.05) is 65.7 Å². The van der Waals surface area contributed by atoms with Crippen LogP contribution in [0.25, 0.3) is 10.9 Å². The van der Waals surface area contributed by atoms with Crippen molar-refractivity contribution in [3.05, 3.63) is 106 Å². The number of aromatic amines is 1. The van der Waals surface area contributed by atoms with Crippen molar-refractivity contribution < 1.29 is 9.63 Å². The Morgan fingerprint density at radius 3 is 2.00 bits per heavy atom. The second-order valence-electron chi connectivity index (χ2n) is 8.41. The molecule has 0 spiro atoms. The van der Waals surface area contributed by atoms with Crippen LogP contribution in [-0.4, -0.2) is 22.4 Å². The van der Waals surface area contributed by atoms with Gasteiger partial charge in [0.1, 0.15) is 5.78 Å². The van der Waals surface area contributed by atoms with Crippen molar-refractivity contribution in [2.24, 2.45) is 0 Å². The van der Waals surface area contributed by atoms with Gasteiger partial charge in [-0.25, -0.2) is 0 Å². The van der Waals surface area contributed by atoms with Gasteiger partial charge in [-0.3, -0.25) is 9.63 Å². The lowest BCUT2D eigenvalue weighted by molar-refractivity contribution is -0.228. The van der Waals surface area contributed by atoms with Crippen molar-refractivity contribution in [2.75, 3.05) is 6.61 Å². The van der Waals surface area contributed by atoms with Gasteiger partial charge in [0.2, 0.25) is 0 Å². The Labute approximate surface area is 203 Å². The molecule has 0 bridgehead atoms. The van der Waals surface area contributed by atoms with E-state index in [-0.39, 0.29) is 17.9 Å². The molecular weight excluding hydrogens is 455 g/mol. The van der Waals surface area contributed by atoms with Crippen molar-refractivity contribution in [3.8, 4) is 0 Å². The van der Waals surface area contributed by atoms with Crippen LogP contribution < -0.4 is 0 Å². The lowest BCUT2D eigenvalue weighted by Gasteiger charge is -2.40. The molecule has 1 aliphatic rings. The molecule has 2 heterocycles. The minimum atomic E-state index is -0.188. The molecule has 0 saturated carbocycles. The molecule has 1 saturated heterocycles. The quantitative estimate of drug-likeness (QED) is 0.321. The van der Waals surface area contributed by atoms with Crippen molar-refractivity contribution >= 4 is 39.9 Å². The van der Waals surface area contributed by atoms with Crippen LogP contribution >= 0.6 is 23.2 Å². The fourth-order valence-electron chi connectivity index (χ4n) is 4.52. The Morgan fingerprint density at radius 2 is 1.42 bits per heavy atom. The minimum Gasteiger partial charge on any atom is -0.358 e. The van der Waals surface area contributed by atoms with Crippen molar-refractivity contribution in [1.82, 2.24) is 10.0 Å². The van der Waals surface area contributed by atoms with Gasteiger partial charge in [-0.05, 0) is 52.9 Å². The van der Waals surface area contributed by atoms with E-state index in [4.69, 9.17) is 28.0 Å². The molecule has 1 N–H and O–H groups in total. The fraction of sp³-hybridized carbons (Fsp3) is 0.222. The van der Waals surface area contributed by atoms with E-state index in [1.807, 2.05) is 65.7 Å². The van der Waals surface area contributed by atoms with Gasteiger partial charge in [-0.2, -0.15) is 5.06 Å². The predicted octanol–water partition coefficient (Wildman–Crippen LogP) is 7.10. The third kappa shape index (κ3) is 4.99. The highest BCUT2D eigenvalue weighted by Gasteiger charge is 2.37. The zero-order valence-electron chi connectivity index (χ0n) is 18.0. The van der Waals surface area contributed by atoms with E-state index in [2.05, 4.69) is 23.2 Å². The molecule has 4 aromatic rings. The lowest BCUT2D eigenvalue weighted by atomic mass is 9.88. The first-order valence-electron chi connectivity index (χ1n) is 11.1. The summed E-state index contributed by atoms with van der Waals surface area (Å²) in [6.45, 7) is 0.495. The Morgan fingerprint density at radius 1 is 0.848 bits per heavy atom. The third-order valence-electron chi connectivity index (χ3n) is 6.16. The van der Waals surface area contributed by atoms with Gasteiger partial charge in [0.15, 0.2) is 0 Å². The fourth-order valence-corrected chi connectivity index (χ4v) is 4.77. The summed E-state index contributed by atoms with van der Waals surface area (Å²) in [4.78, 5) is 22.6. The molecule has 4 nitrogen and oxygen atoms in total. The standard InChI is InChI=1S/C27H24Cl2N2O2/c28-21-9-5-18(6-10-21)26-16-24(32)17-27(19-7-11-22(29)12-8-19)31(26)33-14-13-23-15-20-3-1-2-4-25(20)30-23/h1-12,15,26-27,30H,13-14,16-17H2. The first kappa shape index (κ1) is 22.2. The second-order valence-corrected chi connectivity index (χ2v) is 9.28. The largest absolute Gasteiger partial charge is 0.358 e. The van der Waals surface area contributed by atoms with Crippen molar-refractivity contribution in [2.45, 2.75) is 31.3 Å². The van der Waals surface area contributed by atoms with E-state index >= 15 is 0 Å². The topological polar surface area (TPSA) is 45.3 Å². The number of nitrogens with one attached hydrogen (secondary N) is 1.